The van der Waals surface area contributed by atoms with E-state index < -0.39 is 0 Å². The van der Waals surface area contributed by atoms with Gasteiger partial charge in [-0.05, 0) is 37.6 Å². The molecule has 1 fully saturated rings. The first-order valence-corrected chi connectivity index (χ1v) is 6.53. The molecule has 0 saturated carbocycles. The Balaban J connectivity index is 1.94. The minimum Gasteiger partial charge on any atom is -0.398 e. The van der Waals surface area contributed by atoms with Gasteiger partial charge in [-0.25, -0.2) is 0 Å². The Hall–Kier alpha value is -0.380. The van der Waals surface area contributed by atoms with E-state index in [0.717, 1.165) is 27.9 Å². The molecule has 1 aliphatic heterocycles. The highest BCUT2D eigenvalue weighted by atomic mass is 35.5. The van der Waals surface area contributed by atoms with Gasteiger partial charge in [0, 0.05) is 27.4 Å². The molecule has 0 bridgehead atoms. The van der Waals surface area contributed by atoms with E-state index in [2.05, 4.69) is 5.32 Å². The Morgan fingerprint density at radius 2 is 2.40 bits per heavy atom. The zero-order valence-electron chi connectivity index (χ0n) is 8.50. The first kappa shape index (κ1) is 11.1. The van der Waals surface area contributed by atoms with Crippen LogP contribution in [0.1, 0.15) is 12.8 Å². The van der Waals surface area contributed by atoms with Crippen molar-refractivity contribution in [3.8, 4) is 0 Å². The summed E-state index contributed by atoms with van der Waals surface area (Å²) >= 11 is 7.71. The SMILES string of the molecule is Nc1ccc(Cl)cc1SCC1CCCN1. The third-order valence-electron chi connectivity index (χ3n) is 2.58. The van der Waals surface area contributed by atoms with Crippen molar-refractivity contribution in [3.05, 3.63) is 23.2 Å². The van der Waals surface area contributed by atoms with Crippen molar-refractivity contribution in [2.45, 2.75) is 23.8 Å². The highest BCUT2D eigenvalue weighted by Gasteiger charge is 2.14. The largest absolute Gasteiger partial charge is 0.398 e. The summed E-state index contributed by atoms with van der Waals surface area (Å²) in [4.78, 5) is 1.09. The third-order valence-corrected chi connectivity index (χ3v) is 4.05. The first-order valence-electron chi connectivity index (χ1n) is 5.17. The van der Waals surface area contributed by atoms with Crippen LogP contribution in [0.15, 0.2) is 23.1 Å². The van der Waals surface area contributed by atoms with Crippen LogP contribution in [-0.2, 0) is 0 Å². The molecule has 3 N–H and O–H groups in total. The van der Waals surface area contributed by atoms with Gasteiger partial charge in [-0.2, -0.15) is 0 Å². The van der Waals surface area contributed by atoms with E-state index >= 15 is 0 Å². The number of nitrogens with one attached hydrogen (secondary N) is 1. The fourth-order valence-electron chi connectivity index (χ4n) is 1.72. The molecule has 1 unspecified atom stereocenters. The Kier molecular flexibility index (Phi) is 3.78. The molecule has 0 aromatic heterocycles. The fourth-order valence-corrected chi connectivity index (χ4v) is 3.07. The van der Waals surface area contributed by atoms with Gasteiger partial charge < -0.3 is 11.1 Å². The molecular formula is C11H15ClN2S. The van der Waals surface area contributed by atoms with Crippen LogP contribution in [0.2, 0.25) is 5.02 Å². The molecule has 0 amide bonds. The van der Waals surface area contributed by atoms with E-state index in [9.17, 15) is 0 Å². The van der Waals surface area contributed by atoms with Crippen molar-refractivity contribution in [2.24, 2.45) is 0 Å². The zero-order valence-corrected chi connectivity index (χ0v) is 10.1. The van der Waals surface area contributed by atoms with Crippen LogP contribution in [0.4, 0.5) is 5.69 Å². The van der Waals surface area contributed by atoms with Gasteiger partial charge in [0.25, 0.3) is 0 Å². The van der Waals surface area contributed by atoms with Crippen LogP contribution >= 0.6 is 23.4 Å². The topological polar surface area (TPSA) is 38.0 Å². The summed E-state index contributed by atoms with van der Waals surface area (Å²) in [6, 6.07) is 6.27. The Morgan fingerprint density at radius 3 is 3.13 bits per heavy atom. The second kappa shape index (κ2) is 5.10. The van der Waals surface area contributed by atoms with E-state index in [0.29, 0.717) is 6.04 Å². The monoisotopic (exact) mass is 242 g/mol. The van der Waals surface area contributed by atoms with Gasteiger partial charge in [-0.1, -0.05) is 11.6 Å². The first-order chi connectivity index (χ1) is 7.25. The summed E-state index contributed by atoms with van der Waals surface area (Å²) in [5.41, 5.74) is 6.70. The van der Waals surface area contributed by atoms with Crippen LogP contribution in [0.25, 0.3) is 0 Å². The third kappa shape index (κ3) is 3.03. The smallest absolute Gasteiger partial charge is 0.0453 e. The maximum Gasteiger partial charge on any atom is 0.0453 e. The zero-order chi connectivity index (χ0) is 10.7. The van der Waals surface area contributed by atoms with E-state index in [1.54, 1.807) is 11.8 Å². The molecule has 2 nitrogen and oxygen atoms in total. The van der Waals surface area contributed by atoms with Gasteiger partial charge in [-0.3, -0.25) is 0 Å². The Morgan fingerprint density at radius 1 is 1.53 bits per heavy atom. The number of anilines is 1. The average Bonchev–Trinajstić information content (AvgIpc) is 2.72. The van der Waals surface area contributed by atoms with Crippen molar-refractivity contribution < 1.29 is 0 Å². The van der Waals surface area contributed by atoms with Gasteiger partial charge >= 0.3 is 0 Å². The molecule has 15 heavy (non-hydrogen) atoms. The van der Waals surface area contributed by atoms with E-state index in [1.165, 1.54) is 12.8 Å². The molecule has 1 aliphatic rings. The molecule has 0 radical (unpaired) electrons. The van der Waals surface area contributed by atoms with Gasteiger partial charge in [0.1, 0.15) is 0 Å². The number of thioether (sulfide) groups is 1. The van der Waals surface area contributed by atoms with Gasteiger partial charge in [0.05, 0.1) is 0 Å². The van der Waals surface area contributed by atoms with Gasteiger partial charge in [0.15, 0.2) is 0 Å². The maximum atomic E-state index is 5.93. The molecule has 1 saturated heterocycles. The Bertz CT molecular complexity index is 337. The lowest BCUT2D eigenvalue weighted by atomic mass is 10.3. The summed E-state index contributed by atoms with van der Waals surface area (Å²) in [5, 5.41) is 4.22. The standard InChI is InChI=1S/C11H15ClN2S/c12-8-3-4-10(13)11(6-8)15-7-9-2-1-5-14-9/h3-4,6,9,14H,1-2,5,7,13H2. The lowest BCUT2D eigenvalue weighted by Gasteiger charge is -2.10. The van der Waals surface area contributed by atoms with Crippen LogP contribution < -0.4 is 11.1 Å². The van der Waals surface area contributed by atoms with Gasteiger partial charge in [0.2, 0.25) is 0 Å². The van der Waals surface area contributed by atoms with E-state index in [-0.39, 0.29) is 0 Å². The minimum atomic E-state index is 0.633. The summed E-state index contributed by atoms with van der Waals surface area (Å²) in [7, 11) is 0. The van der Waals surface area contributed by atoms with Crippen LogP contribution in [0.5, 0.6) is 0 Å². The normalized spacial score (nSPS) is 20.7. The van der Waals surface area contributed by atoms with E-state index in [1.807, 2.05) is 18.2 Å². The quantitative estimate of drug-likeness (QED) is 0.632. The van der Waals surface area contributed by atoms with Crippen LogP contribution in [-0.4, -0.2) is 18.3 Å². The minimum absolute atomic E-state index is 0.633. The maximum absolute atomic E-state index is 5.93. The second-order valence-corrected chi connectivity index (χ2v) is 5.28. The lowest BCUT2D eigenvalue weighted by Crippen LogP contribution is -2.23. The average molecular weight is 243 g/mol. The number of rotatable bonds is 3. The van der Waals surface area contributed by atoms with Gasteiger partial charge in [-0.15, -0.1) is 11.8 Å². The molecule has 1 heterocycles. The fraction of sp³-hybridized carbons (Fsp3) is 0.455. The summed E-state index contributed by atoms with van der Waals surface area (Å²) in [6.07, 6.45) is 2.56. The Labute approximate surface area is 99.6 Å². The molecule has 4 heteroatoms. The second-order valence-electron chi connectivity index (χ2n) is 3.79. The molecular weight excluding hydrogens is 228 g/mol. The van der Waals surface area contributed by atoms with Crippen molar-refractivity contribution in [1.82, 2.24) is 5.32 Å². The molecule has 1 atom stereocenters. The van der Waals surface area contributed by atoms with Crippen molar-refractivity contribution in [1.29, 1.82) is 0 Å². The van der Waals surface area contributed by atoms with E-state index in [4.69, 9.17) is 17.3 Å². The molecule has 82 valence electrons. The summed E-state index contributed by atoms with van der Waals surface area (Å²) in [6.45, 7) is 1.15. The highest BCUT2D eigenvalue weighted by molar-refractivity contribution is 7.99. The van der Waals surface area contributed by atoms with Crippen LogP contribution in [0.3, 0.4) is 0 Å². The number of nitrogens with two attached hydrogens (primary N) is 1. The van der Waals surface area contributed by atoms with Crippen molar-refractivity contribution in [3.63, 3.8) is 0 Å². The van der Waals surface area contributed by atoms with Crippen LogP contribution in [0, 0.1) is 0 Å². The predicted octanol–water partition coefficient (Wildman–Crippen LogP) is 2.77. The number of nitrogen functional groups attached to an aromatic ring is 1. The molecule has 1 aromatic rings. The molecule has 0 aliphatic carbocycles. The highest BCUT2D eigenvalue weighted by Crippen LogP contribution is 2.29. The summed E-state index contributed by atoms with van der Waals surface area (Å²) in [5.74, 6) is 1.07. The molecule has 2 rings (SSSR count). The predicted molar refractivity (Wildman–Crippen MR) is 67.6 cm³/mol. The molecule has 0 spiro atoms. The number of hydrogen-bond donors (Lipinski definition) is 2. The van der Waals surface area contributed by atoms with Crippen molar-refractivity contribution >= 4 is 29.1 Å². The summed E-state index contributed by atoms with van der Waals surface area (Å²) < 4.78 is 0. The number of halogens is 1. The number of hydrogen-bond acceptors (Lipinski definition) is 3. The molecule has 1 aromatic carbocycles. The van der Waals surface area contributed by atoms with Crippen molar-refractivity contribution in [2.75, 3.05) is 18.0 Å². The number of benzene rings is 1. The lowest BCUT2D eigenvalue weighted by molar-refractivity contribution is 0.674.